The molecule has 8 nitrogen and oxygen atoms in total. The molecular formula is C26H24FN3O5. The molecule has 1 N–H and O–H groups in total. The van der Waals surface area contributed by atoms with Gasteiger partial charge in [-0.3, -0.25) is 14.4 Å². The number of fused-ring (bicyclic) bond motifs is 2. The van der Waals surface area contributed by atoms with Crippen LogP contribution in [0.4, 0.5) is 4.39 Å². The first kappa shape index (κ1) is 22.8. The zero-order chi connectivity index (χ0) is 24.5. The average Bonchev–Trinajstić information content (AvgIpc) is 3.24. The topological polar surface area (TPSA) is 89.9 Å². The summed E-state index contributed by atoms with van der Waals surface area (Å²) in [6.45, 7) is 2.71. The molecular weight excluding hydrogens is 453 g/mol. The van der Waals surface area contributed by atoms with Gasteiger partial charge in [0.25, 0.3) is 11.8 Å². The van der Waals surface area contributed by atoms with E-state index in [1.165, 1.54) is 18.3 Å². The molecule has 2 atom stereocenters. The molecule has 2 aromatic carbocycles. The maximum Gasteiger partial charge on any atom is 0.276 e. The van der Waals surface area contributed by atoms with Crippen molar-refractivity contribution in [2.75, 3.05) is 6.61 Å². The molecule has 180 valence electrons. The molecule has 2 aliphatic rings. The van der Waals surface area contributed by atoms with Gasteiger partial charge in [0.2, 0.25) is 5.43 Å². The monoisotopic (exact) mass is 477 g/mol. The normalized spacial score (nSPS) is 18.7. The summed E-state index contributed by atoms with van der Waals surface area (Å²) < 4.78 is 26.4. The number of nitrogens with one attached hydrogen (secondary N) is 1. The maximum atomic E-state index is 13.4. The molecule has 0 radical (unpaired) electrons. The Kier molecular flexibility index (Phi) is 6.08. The van der Waals surface area contributed by atoms with Crippen LogP contribution < -0.4 is 15.5 Å². The molecule has 5 rings (SSSR count). The van der Waals surface area contributed by atoms with E-state index in [0.29, 0.717) is 12.2 Å². The summed E-state index contributed by atoms with van der Waals surface area (Å²) in [5, 5.41) is 2.69. The van der Waals surface area contributed by atoms with Gasteiger partial charge in [-0.05, 0) is 30.2 Å². The van der Waals surface area contributed by atoms with Gasteiger partial charge in [0.05, 0.1) is 19.2 Å². The first-order chi connectivity index (χ1) is 16.9. The zero-order valence-electron chi connectivity index (χ0n) is 19.1. The summed E-state index contributed by atoms with van der Waals surface area (Å²) in [5.41, 5.74) is 0.789. The van der Waals surface area contributed by atoms with E-state index < -0.39 is 17.6 Å². The number of benzene rings is 2. The van der Waals surface area contributed by atoms with Gasteiger partial charge in [-0.25, -0.2) is 4.39 Å². The highest BCUT2D eigenvalue weighted by atomic mass is 19.1. The smallest absolute Gasteiger partial charge is 0.276 e. The van der Waals surface area contributed by atoms with Crippen molar-refractivity contribution in [1.29, 1.82) is 0 Å². The minimum absolute atomic E-state index is 0.0620. The van der Waals surface area contributed by atoms with Crippen LogP contribution >= 0.6 is 0 Å². The van der Waals surface area contributed by atoms with Crippen molar-refractivity contribution >= 4 is 11.8 Å². The summed E-state index contributed by atoms with van der Waals surface area (Å²) in [5.74, 6) is -1.53. The van der Waals surface area contributed by atoms with Gasteiger partial charge < -0.3 is 24.3 Å². The van der Waals surface area contributed by atoms with Gasteiger partial charge >= 0.3 is 0 Å². The van der Waals surface area contributed by atoms with E-state index in [1.807, 2.05) is 37.3 Å². The molecule has 0 aliphatic carbocycles. The van der Waals surface area contributed by atoms with Gasteiger partial charge in [-0.2, -0.15) is 0 Å². The minimum Gasteiger partial charge on any atom is -0.483 e. The number of amides is 2. The number of nitrogens with zero attached hydrogens (tertiary/aromatic N) is 2. The van der Waals surface area contributed by atoms with Crippen LogP contribution in [-0.2, 0) is 24.4 Å². The summed E-state index contributed by atoms with van der Waals surface area (Å²) in [4.78, 5) is 41.4. The maximum absolute atomic E-state index is 13.4. The van der Waals surface area contributed by atoms with E-state index >= 15 is 0 Å². The number of rotatable bonds is 6. The highest BCUT2D eigenvalue weighted by molar-refractivity contribution is 5.99. The number of hydrogen-bond donors (Lipinski definition) is 1. The van der Waals surface area contributed by atoms with Gasteiger partial charge in [0.1, 0.15) is 18.0 Å². The van der Waals surface area contributed by atoms with Crippen LogP contribution in [0, 0.1) is 5.82 Å². The van der Waals surface area contributed by atoms with Gasteiger partial charge in [0, 0.05) is 12.7 Å². The second-order valence-corrected chi connectivity index (χ2v) is 8.63. The molecule has 0 saturated carbocycles. The molecule has 2 aliphatic heterocycles. The Morgan fingerprint density at radius 2 is 1.86 bits per heavy atom. The van der Waals surface area contributed by atoms with Crippen LogP contribution in [0.1, 0.15) is 38.9 Å². The molecule has 3 aromatic rings. The molecule has 2 amide bonds. The Hall–Kier alpha value is -3.98. The highest BCUT2D eigenvalue weighted by Gasteiger charge is 2.43. The van der Waals surface area contributed by atoms with Crippen molar-refractivity contribution in [1.82, 2.24) is 14.8 Å². The minimum atomic E-state index is -0.664. The Bertz CT molecular complexity index is 1320. The van der Waals surface area contributed by atoms with E-state index in [0.717, 1.165) is 5.56 Å². The van der Waals surface area contributed by atoms with Crippen molar-refractivity contribution in [3.05, 3.63) is 99.2 Å². The fourth-order valence-electron chi connectivity index (χ4n) is 4.37. The zero-order valence-corrected chi connectivity index (χ0v) is 19.1. The molecule has 9 heteroatoms. The van der Waals surface area contributed by atoms with E-state index in [1.54, 1.807) is 21.6 Å². The molecule has 1 fully saturated rings. The Labute approximate surface area is 200 Å². The predicted octanol–water partition coefficient (Wildman–Crippen LogP) is 2.70. The average molecular weight is 477 g/mol. The molecule has 35 heavy (non-hydrogen) atoms. The van der Waals surface area contributed by atoms with Crippen LogP contribution in [0.5, 0.6) is 5.75 Å². The molecule has 3 heterocycles. The Morgan fingerprint density at radius 3 is 2.60 bits per heavy atom. The van der Waals surface area contributed by atoms with Crippen molar-refractivity contribution in [2.45, 2.75) is 38.9 Å². The third-order valence-electron chi connectivity index (χ3n) is 6.18. The number of carbonyl (C=O) groups is 2. The summed E-state index contributed by atoms with van der Waals surface area (Å²) in [6.07, 6.45) is 0.902. The number of halogens is 1. The van der Waals surface area contributed by atoms with E-state index in [4.69, 9.17) is 9.47 Å². The van der Waals surface area contributed by atoms with Crippen molar-refractivity contribution in [3.8, 4) is 5.75 Å². The third kappa shape index (κ3) is 4.42. The second kappa shape index (κ2) is 9.34. The summed E-state index contributed by atoms with van der Waals surface area (Å²) in [6, 6.07) is 14.8. The molecule has 2 unspecified atom stereocenters. The summed E-state index contributed by atoms with van der Waals surface area (Å²) >= 11 is 0. The molecule has 1 saturated heterocycles. The fourth-order valence-corrected chi connectivity index (χ4v) is 4.37. The van der Waals surface area contributed by atoms with Crippen molar-refractivity contribution < 1.29 is 23.5 Å². The number of aromatic nitrogens is 1. The third-order valence-corrected chi connectivity index (χ3v) is 6.18. The molecule has 0 bridgehead atoms. The molecule has 0 spiro atoms. The van der Waals surface area contributed by atoms with Gasteiger partial charge in [-0.1, -0.05) is 42.5 Å². The van der Waals surface area contributed by atoms with E-state index in [-0.39, 0.29) is 54.5 Å². The predicted molar refractivity (Wildman–Crippen MR) is 124 cm³/mol. The van der Waals surface area contributed by atoms with Gasteiger partial charge in [-0.15, -0.1) is 0 Å². The lowest BCUT2D eigenvalue weighted by molar-refractivity contribution is 0.00603. The Morgan fingerprint density at radius 1 is 1.11 bits per heavy atom. The quantitative estimate of drug-likeness (QED) is 0.590. The van der Waals surface area contributed by atoms with Crippen LogP contribution in [-0.4, -0.2) is 40.2 Å². The first-order valence-electron chi connectivity index (χ1n) is 11.3. The summed E-state index contributed by atoms with van der Waals surface area (Å²) in [7, 11) is 0. The highest BCUT2D eigenvalue weighted by Crippen LogP contribution is 2.30. The Balaban J connectivity index is 1.49. The number of carbonyl (C=O) groups excluding carboxylic acids is 2. The number of hydrogen-bond acceptors (Lipinski definition) is 5. The van der Waals surface area contributed by atoms with Crippen LogP contribution in [0.2, 0.25) is 0 Å². The lowest BCUT2D eigenvalue weighted by Gasteiger charge is -2.34. The fraction of sp³-hybridized carbons (Fsp3) is 0.269. The van der Waals surface area contributed by atoms with E-state index in [9.17, 15) is 18.8 Å². The van der Waals surface area contributed by atoms with Gasteiger partial charge in [0.15, 0.2) is 17.7 Å². The lowest BCUT2D eigenvalue weighted by Crippen LogP contribution is -2.49. The number of pyridine rings is 1. The van der Waals surface area contributed by atoms with E-state index in [2.05, 4.69) is 5.32 Å². The van der Waals surface area contributed by atoms with Crippen molar-refractivity contribution in [3.63, 3.8) is 0 Å². The first-order valence-corrected chi connectivity index (χ1v) is 11.3. The SMILES string of the molecule is CC1COC2Cn3cc(C(=O)NCc4ccc(F)cc4)c(=O)c(OCc4ccccc4)c3C(=O)N12. The lowest BCUT2D eigenvalue weighted by atomic mass is 10.1. The number of ether oxygens (including phenoxy) is 2. The largest absolute Gasteiger partial charge is 0.483 e. The van der Waals surface area contributed by atoms with Crippen LogP contribution in [0.3, 0.4) is 0 Å². The van der Waals surface area contributed by atoms with Crippen LogP contribution in [0.15, 0.2) is 65.6 Å². The standard InChI is InChI=1S/C26H24FN3O5/c1-16-14-34-21-13-29-12-20(25(32)28-11-17-7-9-19(27)10-8-17)23(31)24(22(29)26(33)30(16)21)35-15-18-5-3-2-4-6-18/h2-10,12,16,21H,11,13-15H2,1H3,(H,28,32). The second-order valence-electron chi connectivity index (χ2n) is 8.63. The van der Waals surface area contributed by atoms with Crippen LogP contribution in [0.25, 0.3) is 0 Å². The van der Waals surface area contributed by atoms with Crippen molar-refractivity contribution in [2.24, 2.45) is 0 Å². The molecule has 1 aromatic heterocycles.